The van der Waals surface area contributed by atoms with Gasteiger partial charge in [0.2, 0.25) is 0 Å². The van der Waals surface area contributed by atoms with Crippen LogP contribution < -0.4 is 14.2 Å². The third-order valence-electron chi connectivity index (χ3n) is 5.14. The minimum Gasteiger partial charge on any atom is -0.497 e. The van der Waals surface area contributed by atoms with Crippen LogP contribution in [0, 0.1) is 0 Å². The summed E-state index contributed by atoms with van der Waals surface area (Å²) in [4.78, 5) is 28.3. The highest BCUT2D eigenvalue weighted by Crippen LogP contribution is 2.25. The molecule has 1 fully saturated rings. The molecule has 32 heavy (non-hydrogen) atoms. The van der Waals surface area contributed by atoms with Crippen LogP contribution in [0.25, 0.3) is 0 Å². The Morgan fingerprint density at radius 2 is 1.59 bits per heavy atom. The highest BCUT2D eigenvalue weighted by atomic mass is 16.6. The lowest BCUT2D eigenvalue weighted by Crippen LogP contribution is -2.50. The lowest BCUT2D eigenvalue weighted by atomic mass is 10.1. The number of ether oxygens (including phenoxy) is 4. The van der Waals surface area contributed by atoms with Gasteiger partial charge in [-0.3, -0.25) is 4.79 Å². The third-order valence-corrected chi connectivity index (χ3v) is 5.14. The maximum atomic E-state index is 13.1. The molecule has 1 aliphatic rings. The number of benzene rings is 2. The molecule has 0 saturated carbocycles. The van der Waals surface area contributed by atoms with E-state index in [4.69, 9.17) is 18.9 Å². The quantitative estimate of drug-likeness (QED) is 0.622. The summed E-state index contributed by atoms with van der Waals surface area (Å²) in [5, 5.41) is 0. The van der Waals surface area contributed by atoms with Gasteiger partial charge in [0.05, 0.1) is 20.3 Å². The van der Waals surface area contributed by atoms with Crippen molar-refractivity contribution in [1.29, 1.82) is 0 Å². The molecule has 2 aromatic rings. The van der Waals surface area contributed by atoms with E-state index in [-0.39, 0.29) is 18.6 Å². The number of piperazine rings is 1. The van der Waals surface area contributed by atoms with Crippen molar-refractivity contribution in [2.75, 3.05) is 46.5 Å². The minimum atomic E-state index is -0.336. The zero-order valence-electron chi connectivity index (χ0n) is 18.8. The van der Waals surface area contributed by atoms with E-state index < -0.39 is 0 Å². The number of nitrogens with zero attached hydrogens (tertiary/aromatic N) is 2. The second-order valence-electron chi connectivity index (χ2n) is 7.20. The number of hydrogen-bond acceptors (Lipinski definition) is 6. The molecule has 0 spiro atoms. The molecule has 0 N–H and O–H groups in total. The number of rotatable bonds is 8. The van der Waals surface area contributed by atoms with Crippen LogP contribution in [0.1, 0.15) is 29.8 Å². The SMILES string of the molecule is CCOC(=O)N1CCN(C(=O)c2ccc(OCC)c(COc3cccc(OC)c3)c2)CC1. The summed E-state index contributed by atoms with van der Waals surface area (Å²) < 4.78 is 21.9. The normalized spacial score (nSPS) is 13.5. The first kappa shape index (κ1) is 23.2. The molecule has 0 bridgehead atoms. The zero-order valence-corrected chi connectivity index (χ0v) is 18.8. The van der Waals surface area contributed by atoms with Crippen LogP contribution in [0.5, 0.6) is 17.2 Å². The molecule has 0 radical (unpaired) electrons. The van der Waals surface area contributed by atoms with E-state index in [9.17, 15) is 9.59 Å². The van der Waals surface area contributed by atoms with E-state index >= 15 is 0 Å². The topological polar surface area (TPSA) is 77.5 Å². The minimum absolute atomic E-state index is 0.0841. The Bertz CT molecular complexity index is 924. The van der Waals surface area contributed by atoms with Crippen molar-refractivity contribution in [2.24, 2.45) is 0 Å². The number of hydrogen-bond donors (Lipinski definition) is 0. The van der Waals surface area contributed by atoms with Gasteiger partial charge in [-0.2, -0.15) is 0 Å². The molecule has 2 amide bonds. The number of carbonyl (C=O) groups is 2. The van der Waals surface area contributed by atoms with E-state index in [1.165, 1.54) is 0 Å². The van der Waals surface area contributed by atoms with Gasteiger partial charge < -0.3 is 28.7 Å². The van der Waals surface area contributed by atoms with Crippen molar-refractivity contribution >= 4 is 12.0 Å². The molecule has 0 aromatic heterocycles. The summed E-state index contributed by atoms with van der Waals surface area (Å²) in [5.41, 5.74) is 1.34. The van der Waals surface area contributed by atoms with Gasteiger partial charge in [0, 0.05) is 43.4 Å². The lowest BCUT2D eigenvalue weighted by molar-refractivity contribution is 0.0570. The summed E-state index contributed by atoms with van der Waals surface area (Å²) in [5.74, 6) is 1.97. The molecule has 1 saturated heterocycles. The Hall–Kier alpha value is -3.42. The Morgan fingerprint density at radius 1 is 0.875 bits per heavy atom. The number of amides is 2. The first-order valence-electron chi connectivity index (χ1n) is 10.8. The van der Waals surface area contributed by atoms with E-state index in [1.54, 1.807) is 42.0 Å². The van der Waals surface area contributed by atoms with Crippen molar-refractivity contribution in [3.63, 3.8) is 0 Å². The zero-order chi connectivity index (χ0) is 22.9. The van der Waals surface area contributed by atoms with Gasteiger partial charge in [-0.25, -0.2) is 4.79 Å². The summed E-state index contributed by atoms with van der Waals surface area (Å²) in [6.45, 7) is 6.61. The Kier molecular flexibility index (Phi) is 8.19. The summed E-state index contributed by atoms with van der Waals surface area (Å²) in [6.07, 6.45) is -0.336. The fourth-order valence-electron chi connectivity index (χ4n) is 3.46. The average molecular weight is 443 g/mol. The fourth-order valence-corrected chi connectivity index (χ4v) is 3.46. The van der Waals surface area contributed by atoms with Gasteiger partial charge in [-0.1, -0.05) is 6.07 Å². The highest BCUT2D eigenvalue weighted by Gasteiger charge is 2.26. The van der Waals surface area contributed by atoms with Crippen molar-refractivity contribution in [2.45, 2.75) is 20.5 Å². The third kappa shape index (κ3) is 5.84. The van der Waals surface area contributed by atoms with Crippen molar-refractivity contribution in [1.82, 2.24) is 9.80 Å². The smallest absolute Gasteiger partial charge is 0.409 e. The van der Waals surface area contributed by atoms with Crippen LogP contribution in [0.4, 0.5) is 4.79 Å². The summed E-state index contributed by atoms with van der Waals surface area (Å²) >= 11 is 0. The molecule has 1 heterocycles. The van der Waals surface area contributed by atoms with Crippen LogP contribution >= 0.6 is 0 Å². The molecule has 2 aromatic carbocycles. The van der Waals surface area contributed by atoms with Crippen molar-refractivity contribution in [3.05, 3.63) is 53.6 Å². The summed E-state index contributed by atoms with van der Waals surface area (Å²) in [6, 6.07) is 12.7. The van der Waals surface area contributed by atoms with E-state index in [0.29, 0.717) is 62.2 Å². The van der Waals surface area contributed by atoms with Gasteiger partial charge in [0.1, 0.15) is 23.9 Å². The van der Waals surface area contributed by atoms with E-state index in [1.807, 2.05) is 31.2 Å². The maximum Gasteiger partial charge on any atom is 0.409 e. The second-order valence-corrected chi connectivity index (χ2v) is 7.20. The molecular formula is C24H30N2O6. The van der Waals surface area contributed by atoms with Crippen LogP contribution in [-0.2, 0) is 11.3 Å². The largest absolute Gasteiger partial charge is 0.497 e. The maximum absolute atomic E-state index is 13.1. The molecule has 8 heteroatoms. The first-order valence-corrected chi connectivity index (χ1v) is 10.8. The molecule has 0 aliphatic carbocycles. The van der Waals surface area contributed by atoms with Gasteiger partial charge >= 0.3 is 6.09 Å². The van der Waals surface area contributed by atoms with Gasteiger partial charge in [0.25, 0.3) is 5.91 Å². The molecule has 0 atom stereocenters. The lowest BCUT2D eigenvalue weighted by Gasteiger charge is -2.34. The predicted molar refractivity (Wildman–Crippen MR) is 119 cm³/mol. The molecule has 8 nitrogen and oxygen atoms in total. The Balaban J connectivity index is 1.69. The number of methoxy groups -OCH3 is 1. The first-order chi connectivity index (χ1) is 15.5. The van der Waals surface area contributed by atoms with E-state index in [0.717, 1.165) is 5.56 Å². The van der Waals surface area contributed by atoms with Crippen LogP contribution in [0.3, 0.4) is 0 Å². The van der Waals surface area contributed by atoms with E-state index in [2.05, 4.69) is 0 Å². The molecule has 0 unspecified atom stereocenters. The van der Waals surface area contributed by atoms with Crippen LogP contribution in [0.2, 0.25) is 0 Å². The fraction of sp³-hybridized carbons (Fsp3) is 0.417. The number of carbonyl (C=O) groups excluding carboxylic acids is 2. The monoisotopic (exact) mass is 442 g/mol. The standard InChI is InChI=1S/C24H30N2O6/c1-4-30-22-10-9-18(15-19(22)17-32-21-8-6-7-20(16-21)29-3)23(27)25-11-13-26(14-12-25)24(28)31-5-2/h6-10,15-16H,4-5,11-14,17H2,1-3H3. The molecular weight excluding hydrogens is 412 g/mol. The summed E-state index contributed by atoms with van der Waals surface area (Å²) in [7, 11) is 1.61. The predicted octanol–water partition coefficient (Wildman–Crippen LogP) is 3.59. The van der Waals surface area contributed by atoms with Gasteiger partial charge in [0.15, 0.2) is 0 Å². The molecule has 3 rings (SSSR count). The highest BCUT2D eigenvalue weighted by molar-refractivity contribution is 5.94. The molecule has 172 valence electrons. The second kappa shape index (κ2) is 11.3. The Morgan fingerprint density at radius 3 is 2.28 bits per heavy atom. The van der Waals surface area contributed by atoms with Crippen LogP contribution in [0.15, 0.2) is 42.5 Å². The van der Waals surface area contributed by atoms with Crippen LogP contribution in [-0.4, -0.2) is 68.3 Å². The van der Waals surface area contributed by atoms with Crippen molar-refractivity contribution < 1.29 is 28.5 Å². The molecule has 1 aliphatic heterocycles. The van der Waals surface area contributed by atoms with Gasteiger partial charge in [-0.15, -0.1) is 0 Å². The average Bonchev–Trinajstić information content (AvgIpc) is 2.83. The van der Waals surface area contributed by atoms with Gasteiger partial charge in [-0.05, 0) is 44.2 Å². The van der Waals surface area contributed by atoms with Crippen molar-refractivity contribution in [3.8, 4) is 17.2 Å². The Labute approximate surface area is 188 Å².